The number of aromatic amines is 1. The lowest BCUT2D eigenvalue weighted by Crippen LogP contribution is -2.09. The molecule has 0 saturated carbocycles. The van der Waals surface area contributed by atoms with Crippen molar-refractivity contribution < 1.29 is 0 Å². The molecule has 100 valence electrons. The van der Waals surface area contributed by atoms with Crippen molar-refractivity contribution >= 4 is 45.7 Å². The third kappa shape index (κ3) is 2.29. The molecule has 0 saturated heterocycles. The van der Waals surface area contributed by atoms with Gasteiger partial charge >= 0.3 is 0 Å². The quantitative estimate of drug-likeness (QED) is 0.667. The summed E-state index contributed by atoms with van der Waals surface area (Å²) in [6.45, 7) is 0. The maximum Gasteiger partial charge on any atom is 0.259 e. The largest absolute Gasteiger partial charge is 0.306 e. The van der Waals surface area contributed by atoms with Crippen molar-refractivity contribution in [1.29, 1.82) is 0 Å². The molecule has 0 radical (unpaired) electrons. The van der Waals surface area contributed by atoms with Crippen molar-refractivity contribution in [2.24, 2.45) is 0 Å². The molecule has 0 atom stereocenters. The molecule has 3 rings (SSSR count). The highest BCUT2D eigenvalue weighted by Crippen LogP contribution is 2.34. The third-order valence-electron chi connectivity index (χ3n) is 2.86. The van der Waals surface area contributed by atoms with Crippen molar-refractivity contribution in [2.75, 3.05) is 0 Å². The molecule has 2 aromatic carbocycles. The average Bonchev–Trinajstić information content (AvgIpc) is 2.43. The van der Waals surface area contributed by atoms with Gasteiger partial charge in [0.15, 0.2) is 0 Å². The maximum absolute atomic E-state index is 12.0. The van der Waals surface area contributed by atoms with Crippen molar-refractivity contribution in [3.8, 4) is 11.4 Å². The first-order valence-corrected chi connectivity index (χ1v) is 6.83. The molecule has 1 N–H and O–H groups in total. The first-order valence-electron chi connectivity index (χ1n) is 5.70. The molecule has 0 bridgehead atoms. The predicted molar refractivity (Wildman–Crippen MR) is 82.8 cm³/mol. The zero-order valence-corrected chi connectivity index (χ0v) is 12.2. The molecule has 0 aliphatic heterocycles. The van der Waals surface area contributed by atoms with Gasteiger partial charge in [-0.3, -0.25) is 4.79 Å². The summed E-state index contributed by atoms with van der Waals surface area (Å²) in [7, 11) is 0. The second-order valence-corrected chi connectivity index (χ2v) is 5.40. The van der Waals surface area contributed by atoms with Gasteiger partial charge in [0.05, 0.1) is 20.9 Å². The van der Waals surface area contributed by atoms with Crippen LogP contribution in [0, 0.1) is 0 Å². The van der Waals surface area contributed by atoms with Gasteiger partial charge in [-0.1, -0.05) is 46.9 Å². The van der Waals surface area contributed by atoms with E-state index < -0.39 is 0 Å². The summed E-state index contributed by atoms with van der Waals surface area (Å²) < 4.78 is 0. The fourth-order valence-corrected chi connectivity index (χ4v) is 2.63. The number of para-hydroxylation sites is 1. The number of hydrogen-bond acceptors (Lipinski definition) is 2. The summed E-state index contributed by atoms with van der Waals surface area (Å²) in [6, 6.07) is 10.2. The highest BCUT2D eigenvalue weighted by molar-refractivity contribution is 6.44. The van der Waals surface area contributed by atoms with Crippen molar-refractivity contribution in [3.63, 3.8) is 0 Å². The highest BCUT2D eigenvalue weighted by Gasteiger charge is 2.12. The summed E-state index contributed by atoms with van der Waals surface area (Å²) in [6.07, 6.45) is 0. The SMILES string of the molecule is O=c1[nH]c(-c2cc(Cl)cc(Cl)c2Cl)nc2ccccc12. The second kappa shape index (κ2) is 5.09. The van der Waals surface area contributed by atoms with E-state index in [-0.39, 0.29) is 5.56 Å². The van der Waals surface area contributed by atoms with Gasteiger partial charge in [0.2, 0.25) is 0 Å². The van der Waals surface area contributed by atoms with E-state index in [9.17, 15) is 4.79 Å². The number of nitrogens with one attached hydrogen (secondary N) is 1. The molecule has 0 aliphatic carbocycles. The molecule has 0 unspecified atom stereocenters. The van der Waals surface area contributed by atoms with Crippen LogP contribution < -0.4 is 5.56 Å². The smallest absolute Gasteiger partial charge is 0.259 e. The highest BCUT2D eigenvalue weighted by atomic mass is 35.5. The van der Waals surface area contributed by atoms with Crippen LogP contribution in [0.2, 0.25) is 15.1 Å². The van der Waals surface area contributed by atoms with Crippen LogP contribution in [0.4, 0.5) is 0 Å². The molecule has 1 aromatic heterocycles. The Morgan fingerprint density at radius 3 is 2.60 bits per heavy atom. The lowest BCUT2D eigenvalue weighted by molar-refractivity contribution is 1.18. The van der Waals surface area contributed by atoms with E-state index in [0.717, 1.165) is 0 Å². The summed E-state index contributed by atoms with van der Waals surface area (Å²) in [5.74, 6) is 0.336. The van der Waals surface area contributed by atoms with Crippen molar-refractivity contribution in [3.05, 3.63) is 61.8 Å². The van der Waals surface area contributed by atoms with Crippen LogP contribution in [-0.4, -0.2) is 9.97 Å². The molecule has 0 fully saturated rings. The molecule has 0 spiro atoms. The number of halogens is 3. The van der Waals surface area contributed by atoms with Gasteiger partial charge in [-0.2, -0.15) is 0 Å². The normalized spacial score (nSPS) is 10.9. The third-order valence-corrected chi connectivity index (χ3v) is 3.88. The minimum Gasteiger partial charge on any atom is -0.306 e. The van der Waals surface area contributed by atoms with Crippen LogP contribution >= 0.6 is 34.8 Å². The molecule has 0 amide bonds. The van der Waals surface area contributed by atoms with Gasteiger partial charge in [-0.05, 0) is 24.3 Å². The Morgan fingerprint density at radius 2 is 1.80 bits per heavy atom. The summed E-state index contributed by atoms with van der Waals surface area (Å²) in [5, 5.41) is 1.55. The van der Waals surface area contributed by atoms with E-state index >= 15 is 0 Å². The zero-order valence-electron chi connectivity index (χ0n) is 9.95. The van der Waals surface area contributed by atoms with Crippen LogP contribution in [-0.2, 0) is 0 Å². The molecule has 3 nitrogen and oxygen atoms in total. The number of fused-ring (bicyclic) bond motifs is 1. The lowest BCUT2D eigenvalue weighted by Gasteiger charge is -2.07. The minimum atomic E-state index is -0.238. The van der Waals surface area contributed by atoms with Crippen LogP contribution in [0.5, 0.6) is 0 Å². The Bertz CT molecular complexity index is 874. The molecule has 1 heterocycles. The molecule has 6 heteroatoms. The predicted octanol–water partition coefficient (Wildman–Crippen LogP) is 4.55. The number of H-pyrrole nitrogens is 1. The van der Waals surface area contributed by atoms with Crippen molar-refractivity contribution in [1.82, 2.24) is 9.97 Å². The fraction of sp³-hybridized carbons (Fsp3) is 0. The Hall–Kier alpha value is -1.55. The van der Waals surface area contributed by atoms with Gasteiger partial charge in [0, 0.05) is 10.6 Å². The van der Waals surface area contributed by atoms with E-state index in [1.807, 2.05) is 6.07 Å². The topological polar surface area (TPSA) is 45.8 Å². The van der Waals surface area contributed by atoms with Gasteiger partial charge in [0.1, 0.15) is 5.82 Å². The van der Waals surface area contributed by atoms with E-state index in [1.165, 1.54) is 6.07 Å². The first-order chi connectivity index (χ1) is 9.56. The molecule has 20 heavy (non-hydrogen) atoms. The molecule has 3 aromatic rings. The Labute approximate surface area is 129 Å². The zero-order chi connectivity index (χ0) is 14.3. The van der Waals surface area contributed by atoms with Crippen LogP contribution in [0.25, 0.3) is 22.3 Å². The Morgan fingerprint density at radius 1 is 1.05 bits per heavy atom. The van der Waals surface area contributed by atoms with E-state index in [2.05, 4.69) is 9.97 Å². The minimum absolute atomic E-state index is 0.238. The van der Waals surface area contributed by atoms with E-state index in [1.54, 1.807) is 24.3 Å². The van der Waals surface area contributed by atoms with E-state index in [0.29, 0.717) is 37.4 Å². The summed E-state index contributed by atoms with van der Waals surface area (Å²) in [4.78, 5) is 19.1. The lowest BCUT2D eigenvalue weighted by atomic mass is 10.2. The number of nitrogens with zero attached hydrogens (tertiary/aromatic N) is 1. The average molecular weight is 326 g/mol. The number of rotatable bonds is 1. The van der Waals surface area contributed by atoms with Gasteiger partial charge in [-0.15, -0.1) is 0 Å². The number of benzene rings is 2. The van der Waals surface area contributed by atoms with Crippen LogP contribution in [0.3, 0.4) is 0 Å². The fourth-order valence-electron chi connectivity index (χ4n) is 1.94. The van der Waals surface area contributed by atoms with Gasteiger partial charge in [-0.25, -0.2) is 4.98 Å². The number of aromatic nitrogens is 2. The standard InChI is InChI=1S/C14H7Cl3N2O/c15-7-5-9(12(17)10(16)6-7)13-18-11-4-2-1-3-8(11)14(20)19-13/h1-6H,(H,18,19,20). The molecule has 0 aliphatic rings. The van der Waals surface area contributed by atoms with Crippen molar-refractivity contribution in [2.45, 2.75) is 0 Å². The molecular formula is C14H7Cl3N2O. The maximum atomic E-state index is 12.0. The van der Waals surface area contributed by atoms with Gasteiger partial charge < -0.3 is 4.98 Å². The second-order valence-electron chi connectivity index (χ2n) is 4.18. The van der Waals surface area contributed by atoms with E-state index in [4.69, 9.17) is 34.8 Å². The van der Waals surface area contributed by atoms with Crippen LogP contribution in [0.15, 0.2) is 41.2 Å². The Kier molecular flexibility index (Phi) is 3.42. The molecular weight excluding hydrogens is 319 g/mol. The first kappa shape index (κ1) is 13.4. The Balaban J connectivity index is 2.33. The summed E-state index contributed by atoms with van der Waals surface area (Å²) >= 11 is 18.1. The van der Waals surface area contributed by atoms with Gasteiger partial charge in [0.25, 0.3) is 5.56 Å². The monoisotopic (exact) mass is 324 g/mol. The number of hydrogen-bond donors (Lipinski definition) is 1. The van der Waals surface area contributed by atoms with Crippen LogP contribution in [0.1, 0.15) is 0 Å². The summed E-state index contributed by atoms with van der Waals surface area (Å²) in [5.41, 5.74) is 0.836.